The van der Waals surface area contributed by atoms with Crippen LogP contribution in [0.15, 0.2) is 0 Å². The molecule has 1 amide bonds. The fraction of sp³-hybridized carbons (Fsp3) is 0.947. The van der Waals surface area contributed by atoms with Gasteiger partial charge >= 0.3 is 6.09 Å². The maximum Gasteiger partial charge on any atom is 0.407 e. The lowest BCUT2D eigenvalue weighted by atomic mass is 9.91. The molecule has 5 nitrogen and oxygen atoms in total. The third-order valence-corrected chi connectivity index (χ3v) is 4.58. The second-order valence-corrected chi connectivity index (χ2v) is 8.57. The lowest BCUT2D eigenvalue weighted by Crippen LogP contribution is -2.46. The largest absolute Gasteiger partial charge is 0.444 e. The van der Waals surface area contributed by atoms with E-state index >= 15 is 0 Å². The van der Waals surface area contributed by atoms with Crippen LogP contribution in [0.2, 0.25) is 0 Å². The van der Waals surface area contributed by atoms with Crippen LogP contribution < -0.4 is 10.6 Å². The second-order valence-electron chi connectivity index (χ2n) is 8.57. The minimum absolute atomic E-state index is 0.251. The highest BCUT2D eigenvalue weighted by Crippen LogP contribution is 2.19. The summed E-state index contributed by atoms with van der Waals surface area (Å²) in [6.45, 7) is 16.8. The van der Waals surface area contributed by atoms with E-state index in [1.165, 1.54) is 0 Å². The minimum atomic E-state index is -0.429. The summed E-state index contributed by atoms with van der Waals surface area (Å²) < 4.78 is 5.33. The van der Waals surface area contributed by atoms with Crippen LogP contribution in [0.4, 0.5) is 4.79 Å². The Balaban J connectivity index is 2.23. The van der Waals surface area contributed by atoms with Crippen LogP contribution in [0.25, 0.3) is 0 Å². The Kier molecular flexibility index (Phi) is 8.51. The number of nitrogens with zero attached hydrogens (tertiary/aromatic N) is 1. The highest BCUT2D eigenvalue weighted by Gasteiger charge is 2.24. The predicted molar refractivity (Wildman–Crippen MR) is 100 cm³/mol. The average Bonchev–Trinajstić information content (AvgIpc) is 2.42. The molecule has 0 aromatic heterocycles. The van der Waals surface area contributed by atoms with Gasteiger partial charge in [-0.05, 0) is 74.1 Å². The van der Waals surface area contributed by atoms with E-state index in [1.54, 1.807) is 0 Å². The lowest BCUT2D eigenvalue weighted by molar-refractivity contribution is 0.0489. The van der Waals surface area contributed by atoms with Gasteiger partial charge < -0.3 is 15.4 Å². The summed E-state index contributed by atoms with van der Waals surface area (Å²) >= 11 is 0. The first-order valence-corrected chi connectivity index (χ1v) is 9.57. The van der Waals surface area contributed by atoms with Crippen LogP contribution in [-0.2, 0) is 4.74 Å². The topological polar surface area (TPSA) is 53.6 Å². The van der Waals surface area contributed by atoms with Crippen LogP contribution in [0.5, 0.6) is 0 Å². The van der Waals surface area contributed by atoms with Crippen molar-refractivity contribution in [3.63, 3.8) is 0 Å². The number of carbonyl (C=O) groups excluding carboxylic acids is 1. The number of ether oxygens (including phenoxy) is 1. The number of rotatable bonds is 7. The number of amides is 1. The molecule has 0 aromatic rings. The molecule has 0 aromatic carbocycles. The first kappa shape index (κ1) is 21.2. The summed E-state index contributed by atoms with van der Waals surface area (Å²) in [6, 6.07) is 1.99. The predicted octanol–water partition coefficient (Wildman–Crippen LogP) is 3.53. The molecule has 1 saturated carbocycles. The molecule has 0 radical (unpaired) electrons. The molecular weight excluding hydrogens is 302 g/mol. The van der Waals surface area contributed by atoms with Crippen LogP contribution in [0.3, 0.4) is 0 Å². The normalized spacial score (nSPS) is 22.2. The molecule has 0 unspecified atom stereocenters. The van der Waals surface area contributed by atoms with Crippen LogP contribution in [-0.4, -0.2) is 53.9 Å². The molecule has 1 aliphatic rings. The van der Waals surface area contributed by atoms with Crippen molar-refractivity contribution in [2.24, 2.45) is 0 Å². The number of hydrogen-bond acceptors (Lipinski definition) is 4. The highest BCUT2D eigenvalue weighted by atomic mass is 16.6. The van der Waals surface area contributed by atoms with Crippen molar-refractivity contribution in [1.29, 1.82) is 0 Å². The molecule has 0 saturated heterocycles. The van der Waals surface area contributed by atoms with E-state index in [-0.39, 0.29) is 12.1 Å². The van der Waals surface area contributed by atoms with Crippen molar-refractivity contribution in [2.45, 2.75) is 104 Å². The van der Waals surface area contributed by atoms with Crippen molar-refractivity contribution in [3.05, 3.63) is 0 Å². The monoisotopic (exact) mass is 341 g/mol. The third kappa shape index (κ3) is 8.34. The van der Waals surface area contributed by atoms with Gasteiger partial charge in [0.1, 0.15) is 5.60 Å². The zero-order valence-electron chi connectivity index (χ0n) is 16.8. The van der Waals surface area contributed by atoms with E-state index in [0.29, 0.717) is 18.1 Å². The van der Waals surface area contributed by atoms with Gasteiger partial charge in [-0.25, -0.2) is 4.79 Å². The molecule has 5 heteroatoms. The van der Waals surface area contributed by atoms with Crippen molar-refractivity contribution < 1.29 is 9.53 Å². The number of nitrogens with one attached hydrogen (secondary N) is 2. The quantitative estimate of drug-likeness (QED) is 0.744. The smallest absolute Gasteiger partial charge is 0.407 e. The first-order chi connectivity index (χ1) is 11.1. The molecule has 1 rings (SSSR count). The second kappa shape index (κ2) is 9.62. The summed E-state index contributed by atoms with van der Waals surface area (Å²) in [5.74, 6) is 0. The van der Waals surface area contributed by atoms with Crippen LogP contribution >= 0.6 is 0 Å². The van der Waals surface area contributed by atoms with Crippen molar-refractivity contribution in [3.8, 4) is 0 Å². The summed E-state index contributed by atoms with van der Waals surface area (Å²) in [6.07, 6.45) is 3.99. The van der Waals surface area contributed by atoms with E-state index in [9.17, 15) is 4.79 Å². The van der Waals surface area contributed by atoms with Gasteiger partial charge in [-0.15, -0.1) is 0 Å². The van der Waals surface area contributed by atoms with E-state index in [1.807, 2.05) is 20.8 Å². The summed E-state index contributed by atoms with van der Waals surface area (Å²) in [5.41, 5.74) is -0.429. The van der Waals surface area contributed by atoms with Gasteiger partial charge in [0.25, 0.3) is 0 Å². The molecule has 24 heavy (non-hydrogen) atoms. The molecule has 0 spiro atoms. The van der Waals surface area contributed by atoms with Crippen LogP contribution in [0.1, 0.15) is 74.1 Å². The maximum atomic E-state index is 11.8. The molecule has 1 fully saturated rings. The Morgan fingerprint density at radius 3 is 2.00 bits per heavy atom. The van der Waals surface area contributed by atoms with E-state index < -0.39 is 5.60 Å². The van der Waals surface area contributed by atoms with Crippen LogP contribution in [0, 0.1) is 0 Å². The van der Waals surface area contributed by atoms with E-state index in [0.717, 1.165) is 38.8 Å². The summed E-state index contributed by atoms with van der Waals surface area (Å²) in [7, 11) is 0. The Hall–Kier alpha value is -0.810. The molecule has 0 heterocycles. The van der Waals surface area contributed by atoms with Crippen molar-refractivity contribution >= 4 is 6.09 Å². The van der Waals surface area contributed by atoms with Gasteiger partial charge in [0, 0.05) is 37.3 Å². The number of carbonyl (C=O) groups is 1. The summed E-state index contributed by atoms with van der Waals surface area (Å²) in [4.78, 5) is 14.3. The molecule has 1 aliphatic carbocycles. The third-order valence-electron chi connectivity index (χ3n) is 4.58. The molecule has 142 valence electrons. The van der Waals surface area contributed by atoms with E-state index in [2.05, 4.69) is 43.2 Å². The van der Waals surface area contributed by atoms with Gasteiger partial charge in [0.05, 0.1) is 0 Å². The molecule has 2 N–H and O–H groups in total. The highest BCUT2D eigenvalue weighted by molar-refractivity contribution is 5.68. The van der Waals surface area contributed by atoms with Gasteiger partial charge in [-0.2, -0.15) is 0 Å². The molecular formula is C19H39N3O2. The van der Waals surface area contributed by atoms with Gasteiger partial charge in [-0.1, -0.05) is 0 Å². The van der Waals surface area contributed by atoms with Gasteiger partial charge in [0.2, 0.25) is 0 Å². The minimum Gasteiger partial charge on any atom is -0.444 e. The van der Waals surface area contributed by atoms with Gasteiger partial charge in [-0.3, -0.25) is 4.90 Å². The number of alkyl carbamates (subject to hydrolysis) is 1. The SMILES string of the molecule is CC(C)N(CCNC1CCC(NC(=O)OC(C)(C)C)CC1)C(C)C. The maximum absolute atomic E-state index is 11.8. The zero-order valence-corrected chi connectivity index (χ0v) is 16.8. The van der Waals surface area contributed by atoms with Gasteiger partial charge in [0.15, 0.2) is 0 Å². The van der Waals surface area contributed by atoms with E-state index in [4.69, 9.17) is 4.74 Å². The Labute approximate surface area is 148 Å². The lowest BCUT2D eigenvalue weighted by Gasteiger charge is -2.33. The molecule has 0 atom stereocenters. The molecule has 0 aliphatic heterocycles. The van der Waals surface area contributed by atoms with Crippen molar-refractivity contribution in [2.75, 3.05) is 13.1 Å². The average molecular weight is 342 g/mol. The fourth-order valence-electron chi connectivity index (χ4n) is 3.43. The summed E-state index contributed by atoms with van der Waals surface area (Å²) in [5, 5.41) is 6.69. The first-order valence-electron chi connectivity index (χ1n) is 9.57. The Morgan fingerprint density at radius 2 is 1.54 bits per heavy atom. The standard InChI is InChI=1S/C19H39N3O2/c1-14(2)22(15(3)4)13-12-20-16-8-10-17(11-9-16)21-18(23)24-19(5,6)7/h14-17,20H,8-13H2,1-7H3,(H,21,23). The Bertz CT molecular complexity index is 361. The number of hydrogen-bond donors (Lipinski definition) is 2. The fourth-order valence-corrected chi connectivity index (χ4v) is 3.43. The molecule has 0 bridgehead atoms. The Morgan fingerprint density at radius 1 is 1.04 bits per heavy atom. The van der Waals surface area contributed by atoms with Crippen molar-refractivity contribution in [1.82, 2.24) is 15.5 Å². The zero-order chi connectivity index (χ0) is 18.3.